The molecule has 5 rings (SSSR count). The zero-order valence-electron chi connectivity index (χ0n) is 22.1. The number of nitrogens with two attached hydrogens (primary N) is 1. The van der Waals surface area contributed by atoms with Crippen molar-refractivity contribution in [2.45, 2.75) is 28.4 Å². The number of methoxy groups -OCH3 is 2. The molecule has 0 saturated carbocycles. The molecule has 208 valence electrons. The topological polar surface area (TPSA) is 129 Å². The molecule has 0 spiro atoms. The second-order valence-corrected chi connectivity index (χ2v) is 10.8. The van der Waals surface area contributed by atoms with Crippen LogP contribution < -0.4 is 20.9 Å². The van der Waals surface area contributed by atoms with Gasteiger partial charge in [0.25, 0.3) is 0 Å². The van der Waals surface area contributed by atoms with Crippen LogP contribution in [0.2, 0.25) is 0 Å². The van der Waals surface area contributed by atoms with Gasteiger partial charge in [0, 0.05) is 6.20 Å². The summed E-state index contributed by atoms with van der Waals surface area (Å²) in [5.74, 6) is 1.48. The van der Waals surface area contributed by atoms with Crippen LogP contribution >= 0.6 is 11.8 Å². The number of ether oxygens (including phenoxy) is 3. The number of nitrogens with zero attached hydrogens (tertiary/aromatic N) is 2. The number of hydrogen-bond acceptors (Lipinski definition) is 9. The summed E-state index contributed by atoms with van der Waals surface area (Å²) in [5.41, 5.74) is 7.89. The maximum absolute atomic E-state index is 12.9. The molecular formula is C30H31N3O6S. The molecule has 0 amide bonds. The summed E-state index contributed by atoms with van der Waals surface area (Å²) in [6, 6.07) is 26.9. The highest BCUT2D eigenvalue weighted by Gasteiger charge is 2.51. The van der Waals surface area contributed by atoms with E-state index >= 15 is 0 Å². The molecule has 3 aromatic carbocycles. The number of hydrogen-bond donors (Lipinski definition) is 3. The van der Waals surface area contributed by atoms with Crippen molar-refractivity contribution in [1.82, 2.24) is 9.55 Å². The number of rotatable bonds is 9. The summed E-state index contributed by atoms with van der Waals surface area (Å²) in [6.07, 6.45) is -1.45. The highest BCUT2D eigenvalue weighted by Crippen LogP contribution is 2.54. The predicted molar refractivity (Wildman–Crippen MR) is 154 cm³/mol. The minimum absolute atomic E-state index is 0.0813. The Bertz CT molecular complexity index is 1430. The third kappa shape index (κ3) is 5.06. The van der Waals surface area contributed by atoms with Crippen molar-refractivity contribution < 1.29 is 24.4 Å². The maximum atomic E-state index is 12.9. The number of aliphatic hydroxyl groups excluding tert-OH is 2. The number of aromatic nitrogens is 2. The lowest BCUT2D eigenvalue weighted by Gasteiger charge is -2.39. The quantitative estimate of drug-likeness (QED) is 0.264. The van der Waals surface area contributed by atoms with Crippen LogP contribution in [0, 0.1) is 0 Å². The molecule has 1 saturated heterocycles. The van der Waals surface area contributed by atoms with Gasteiger partial charge < -0.3 is 30.2 Å². The molecule has 0 aliphatic carbocycles. The first-order chi connectivity index (χ1) is 19.4. The van der Waals surface area contributed by atoms with Gasteiger partial charge in [0.1, 0.15) is 23.4 Å². The van der Waals surface area contributed by atoms with Gasteiger partial charge in [-0.25, -0.2) is 4.79 Å². The number of benzene rings is 3. The van der Waals surface area contributed by atoms with E-state index in [1.165, 1.54) is 28.6 Å². The molecule has 1 fully saturated rings. The van der Waals surface area contributed by atoms with Crippen molar-refractivity contribution in [2.75, 3.05) is 26.6 Å². The van der Waals surface area contributed by atoms with Gasteiger partial charge in [0.2, 0.25) is 0 Å². The van der Waals surface area contributed by atoms with Gasteiger partial charge in [0.15, 0.2) is 6.23 Å². The molecule has 0 unspecified atom stereocenters. The first-order valence-electron chi connectivity index (χ1n) is 12.7. The molecule has 4 aromatic rings. The average molecular weight is 562 g/mol. The number of nitrogen functional groups attached to an aromatic ring is 1. The van der Waals surface area contributed by atoms with Gasteiger partial charge in [-0.3, -0.25) is 4.57 Å². The zero-order chi connectivity index (χ0) is 28.3. The van der Waals surface area contributed by atoms with Crippen LogP contribution in [0.3, 0.4) is 0 Å². The molecule has 10 heteroatoms. The van der Waals surface area contributed by atoms with Crippen LogP contribution in [0.1, 0.15) is 22.9 Å². The van der Waals surface area contributed by atoms with Crippen molar-refractivity contribution in [3.8, 4) is 11.5 Å². The molecule has 0 bridgehead atoms. The Morgan fingerprint density at radius 1 is 0.925 bits per heavy atom. The van der Waals surface area contributed by atoms with Gasteiger partial charge >= 0.3 is 5.69 Å². The van der Waals surface area contributed by atoms with Crippen LogP contribution in [0.25, 0.3) is 0 Å². The summed E-state index contributed by atoms with van der Waals surface area (Å²) in [7, 11) is 3.23. The fraction of sp³-hybridized carbons (Fsp3) is 0.267. The van der Waals surface area contributed by atoms with Crippen LogP contribution in [-0.2, 0) is 9.48 Å². The van der Waals surface area contributed by atoms with Crippen molar-refractivity contribution in [3.05, 3.63) is 118 Å². The first-order valence-corrected chi connectivity index (χ1v) is 13.6. The van der Waals surface area contributed by atoms with E-state index in [4.69, 9.17) is 19.9 Å². The maximum Gasteiger partial charge on any atom is 0.351 e. The van der Waals surface area contributed by atoms with Gasteiger partial charge in [-0.15, -0.1) is 11.8 Å². The summed E-state index contributed by atoms with van der Waals surface area (Å²) < 4.78 is 17.4. The Morgan fingerprint density at radius 2 is 1.48 bits per heavy atom. The molecule has 1 aliphatic rings. The monoisotopic (exact) mass is 561 g/mol. The Kier molecular flexibility index (Phi) is 8.13. The van der Waals surface area contributed by atoms with E-state index in [2.05, 4.69) is 4.98 Å². The molecule has 4 atom stereocenters. The summed E-state index contributed by atoms with van der Waals surface area (Å²) in [4.78, 5) is 16.8. The number of anilines is 1. The lowest BCUT2D eigenvalue weighted by atomic mass is 9.84. The Morgan fingerprint density at radius 3 is 1.98 bits per heavy atom. The molecule has 1 aliphatic heterocycles. The second kappa shape index (κ2) is 11.7. The Hall–Kier alpha value is -3.83. The third-order valence-corrected chi connectivity index (χ3v) is 8.95. The Labute approximate surface area is 236 Å². The van der Waals surface area contributed by atoms with E-state index in [0.717, 1.165) is 16.7 Å². The van der Waals surface area contributed by atoms with Crippen LogP contribution in [0.4, 0.5) is 5.82 Å². The highest BCUT2D eigenvalue weighted by molar-refractivity contribution is 8.01. The van der Waals surface area contributed by atoms with Crippen LogP contribution in [-0.4, -0.2) is 58.0 Å². The van der Waals surface area contributed by atoms with Gasteiger partial charge in [-0.2, -0.15) is 4.98 Å². The van der Waals surface area contributed by atoms with Crippen molar-refractivity contribution in [1.29, 1.82) is 0 Å². The molecule has 2 heterocycles. The first kappa shape index (κ1) is 27.7. The lowest BCUT2D eigenvalue weighted by Crippen LogP contribution is -2.38. The van der Waals surface area contributed by atoms with Gasteiger partial charge in [-0.1, -0.05) is 54.6 Å². The fourth-order valence-corrected chi connectivity index (χ4v) is 6.92. The molecule has 1 aromatic heterocycles. The van der Waals surface area contributed by atoms with Crippen LogP contribution in [0.5, 0.6) is 11.5 Å². The lowest BCUT2D eigenvalue weighted by molar-refractivity contribution is -0.0456. The van der Waals surface area contributed by atoms with Crippen molar-refractivity contribution >= 4 is 17.6 Å². The smallest absolute Gasteiger partial charge is 0.351 e. The van der Waals surface area contributed by atoms with E-state index in [9.17, 15) is 15.0 Å². The molecular weight excluding hydrogens is 530 g/mol. The van der Waals surface area contributed by atoms with Crippen molar-refractivity contribution in [2.24, 2.45) is 0 Å². The third-order valence-electron chi connectivity index (χ3n) is 7.10. The Balaban J connectivity index is 1.74. The van der Waals surface area contributed by atoms with E-state index in [-0.39, 0.29) is 5.82 Å². The second-order valence-electron chi connectivity index (χ2n) is 9.37. The van der Waals surface area contributed by atoms with E-state index in [1.807, 2.05) is 78.9 Å². The van der Waals surface area contributed by atoms with Gasteiger partial charge in [-0.05, 0) is 47.0 Å². The molecule has 40 heavy (non-hydrogen) atoms. The van der Waals surface area contributed by atoms with Gasteiger partial charge in [0.05, 0.1) is 36.9 Å². The fourth-order valence-electron chi connectivity index (χ4n) is 5.07. The van der Waals surface area contributed by atoms with Crippen molar-refractivity contribution in [3.63, 3.8) is 0 Å². The largest absolute Gasteiger partial charge is 0.497 e. The zero-order valence-corrected chi connectivity index (χ0v) is 22.9. The molecule has 4 N–H and O–H groups in total. The predicted octanol–water partition coefficient (Wildman–Crippen LogP) is 3.19. The summed E-state index contributed by atoms with van der Waals surface area (Å²) in [6.45, 7) is -0.421. The van der Waals surface area contributed by atoms with Crippen LogP contribution in [0.15, 0.2) is 95.9 Å². The molecule has 9 nitrogen and oxygen atoms in total. The SMILES string of the molecule is COc1ccc(C(S[C@@H]2[C@H](O)[C@@H](CO)O[C@H]2n2ccc(N)nc2=O)(c2ccccc2)c2ccc(OC)cc2)cc1. The minimum Gasteiger partial charge on any atom is -0.497 e. The summed E-state index contributed by atoms with van der Waals surface area (Å²) in [5, 5.41) is 20.8. The minimum atomic E-state index is -1.11. The van der Waals surface area contributed by atoms with E-state index < -0.39 is 40.7 Å². The van der Waals surface area contributed by atoms with E-state index in [1.54, 1.807) is 14.2 Å². The highest BCUT2D eigenvalue weighted by atomic mass is 32.2. The van der Waals surface area contributed by atoms with E-state index in [0.29, 0.717) is 11.5 Å². The normalized spacial score (nSPS) is 20.8. The average Bonchev–Trinajstić information content (AvgIpc) is 3.30. The standard InChI is InChI=1S/C30H31N3O6S/c1-37-22-12-8-20(9-13-22)30(19-6-4-3-5-7-19,21-10-14-23(38-2)15-11-21)40-27-26(35)24(18-34)39-28(27)33-17-16-25(31)32-29(33)36/h3-17,24,26-28,34-35H,18H2,1-2H3,(H2,31,32,36)/t24-,26-,27-,28-/m1/s1. The number of aliphatic hydroxyl groups is 2. The number of thioether (sulfide) groups is 1. The molecule has 0 radical (unpaired) electrons. The summed E-state index contributed by atoms with van der Waals surface area (Å²) >= 11 is 1.44.